The molecule has 1 fully saturated rings. The van der Waals surface area contributed by atoms with Gasteiger partial charge in [0.1, 0.15) is 0 Å². The van der Waals surface area contributed by atoms with E-state index in [1.807, 2.05) is 12.1 Å². The molecule has 0 aromatic carbocycles. The maximum atomic E-state index is 5.91. The lowest BCUT2D eigenvalue weighted by atomic mass is 10.3. The molecule has 2 rings (SSSR count). The SMILES string of the molecule is COCCN(c1ncccc1N)C1CC1. The fraction of sp³-hybridized carbons (Fsp3) is 0.545. The Morgan fingerprint density at radius 2 is 2.40 bits per heavy atom. The number of ether oxygens (including phenoxy) is 1. The summed E-state index contributed by atoms with van der Waals surface area (Å²) in [4.78, 5) is 6.59. The van der Waals surface area contributed by atoms with Gasteiger partial charge in [-0.2, -0.15) is 0 Å². The largest absolute Gasteiger partial charge is 0.396 e. The lowest BCUT2D eigenvalue weighted by molar-refractivity contribution is 0.205. The molecular weight excluding hydrogens is 190 g/mol. The molecule has 0 atom stereocenters. The number of nitrogens with zero attached hydrogens (tertiary/aromatic N) is 2. The maximum Gasteiger partial charge on any atom is 0.152 e. The van der Waals surface area contributed by atoms with Crippen LogP contribution in [0.15, 0.2) is 18.3 Å². The number of nitrogens with two attached hydrogens (primary N) is 1. The van der Waals surface area contributed by atoms with Crippen LogP contribution in [0, 0.1) is 0 Å². The van der Waals surface area contributed by atoms with E-state index in [-0.39, 0.29) is 0 Å². The van der Waals surface area contributed by atoms with Gasteiger partial charge in [-0.1, -0.05) is 0 Å². The Hall–Kier alpha value is -1.29. The Balaban J connectivity index is 2.13. The summed E-state index contributed by atoms with van der Waals surface area (Å²) in [5, 5.41) is 0. The van der Waals surface area contributed by atoms with E-state index in [0.717, 1.165) is 18.1 Å². The molecule has 82 valence electrons. The number of rotatable bonds is 5. The van der Waals surface area contributed by atoms with Crippen molar-refractivity contribution < 1.29 is 4.74 Å². The molecule has 1 aliphatic carbocycles. The van der Waals surface area contributed by atoms with Gasteiger partial charge in [-0.3, -0.25) is 0 Å². The van der Waals surface area contributed by atoms with Crippen molar-refractivity contribution in [2.45, 2.75) is 18.9 Å². The minimum Gasteiger partial charge on any atom is -0.396 e. The third-order valence-electron chi connectivity index (χ3n) is 2.61. The van der Waals surface area contributed by atoms with Gasteiger partial charge < -0.3 is 15.4 Å². The number of methoxy groups -OCH3 is 1. The Labute approximate surface area is 90.0 Å². The van der Waals surface area contributed by atoms with Gasteiger partial charge in [0, 0.05) is 25.9 Å². The highest BCUT2D eigenvalue weighted by molar-refractivity contribution is 5.63. The van der Waals surface area contributed by atoms with Crippen LogP contribution in [0.1, 0.15) is 12.8 Å². The van der Waals surface area contributed by atoms with Gasteiger partial charge in [0.25, 0.3) is 0 Å². The average molecular weight is 207 g/mol. The fourth-order valence-corrected chi connectivity index (χ4v) is 1.69. The number of anilines is 2. The first-order valence-electron chi connectivity index (χ1n) is 5.29. The van der Waals surface area contributed by atoms with Crippen LogP contribution in [0.25, 0.3) is 0 Å². The summed E-state index contributed by atoms with van der Waals surface area (Å²) in [5.41, 5.74) is 6.66. The van der Waals surface area contributed by atoms with E-state index < -0.39 is 0 Å². The Morgan fingerprint density at radius 3 is 3.00 bits per heavy atom. The predicted octanol–water partition coefficient (Wildman–Crippen LogP) is 1.28. The van der Waals surface area contributed by atoms with Gasteiger partial charge in [-0.15, -0.1) is 0 Å². The lowest BCUT2D eigenvalue weighted by Crippen LogP contribution is -2.30. The van der Waals surface area contributed by atoms with Crippen molar-refractivity contribution in [1.82, 2.24) is 4.98 Å². The molecule has 1 aromatic heterocycles. The zero-order chi connectivity index (χ0) is 10.7. The Morgan fingerprint density at radius 1 is 1.60 bits per heavy atom. The van der Waals surface area contributed by atoms with Crippen LogP contribution in [-0.2, 0) is 4.74 Å². The second-order valence-corrected chi connectivity index (χ2v) is 3.83. The second-order valence-electron chi connectivity index (χ2n) is 3.83. The molecule has 0 radical (unpaired) electrons. The summed E-state index contributed by atoms with van der Waals surface area (Å²) in [6.45, 7) is 1.58. The van der Waals surface area contributed by atoms with Crippen LogP contribution in [0.3, 0.4) is 0 Å². The molecule has 2 N–H and O–H groups in total. The van der Waals surface area contributed by atoms with E-state index in [0.29, 0.717) is 12.6 Å². The normalized spacial score (nSPS) is 15.3. The molecule has 1 saturated carbocycles. The molecular formula is C11H17N3O. The average Bonchev–Trinajstić information content (AvgIpc) is 3.05. The number of pyridine rings is 1. The molecule has 4 nitrogen and oxygen atoms in total. The van der Waals surface area contributed by atoms with Gasteiger partial charge in [0.15, 0.2) is 5.82 Å². The molecule has 0 amide bonds. The molecule has 4 heteroatoms. The van der Waals surface area contributed by atoms with Crippen LogP contribution < -0.4 is 10.6 Å². The van der Waals surface area contributed by atoms with Crippen molar-refractivity contribution in [2.75, 3.05) is 30.9 Å². The highest BCUT2D eigenvalue weighted by atomic mass is 16.5. The molecule has 0 bridgehead atoms. The zero-order valence-corrected chi connectivity index (χ0v) is 9.02. The van der Waals surface area contributed by atoms with Gasteiger partial charge >= 0.3 is 0 Å². The topological polar surface area (TPSA) is 51.4 Å². The van der Waals surface area contributed by atoms with Gasteiger partial charge in [0.05, 0.1) is 12.3 Å². The first-order chi connectivity index (χ1) is 7.33. The van der Waals surface area contributed by atoms with Gasteiger partial charge in [-0.05, 0) is 25.0 Å². The first kappa shape index (κ1) is 10.2. The van der Waals surface area contributed by atoms with Crippen LogP contribution in [-0.4, -0.2) is 31.3 Å². The van der Waals surface area contributed by atoms with Crippen LogP contribution in [0.4, 0.5) is 11.5 Å². The van der Waals surface area contributed by atoms with Crippen LogP contribution in [0.2, 0.25) is 0 Å². The van der Waals surface area contributed by atoms with Crippen molar-refractivity contribution in [2.24, 2.45) is 0 Å². The van der Waals surface area contributed by atoms with Crippen molar-refractivity contribution >= 4 is 11.5 Å². The van der Waals surface area contributed by atoms with E-state index in [9.17, 15) is 0 Å². The van der Waals surface area contributed by atoms with Crippen molar-refractivity contribution in [3.63, 3.8) is 0 Å². The van der Waals surface area contributed by atoms with E-state index in [1.54, 1.807) is 13.3 Å². The van der Waals surface area contributed by atoms with E-state index in [1.165, 1.54) is 12.8 Å². The number of hydrogen-bond acceptors (Lipinski definition) is 4. The van der Waals surface area contributed by atoms with Crippen molar-refractivity contribution in [3.05, 3.63) is 18.3 Å². The highest BCUT2D eigenvalue weighted by Crippen LogP contribution is 2.32. The minimum atomic E-state index is 0.609. The molecule has 0 aliphatic heterocycles. The Bertz CT molecular complexity index is 325. The maximum absolute atomic E-state index is 5.91. The quantitative estimate of drug-likeness (QED) is 0.790. The fourth-order valence-electron chi connectivity index (χ4n) is 1.69. The summed E-state index contributed by atoms with van der Waals surface area (Å²) < 4.78 is 5.10. The molecule has 15 heavy (non-hydrogen) atoms. The number of aromatic nitrogens is 1. The molecule has 0 saturated heterocycles. The molecule has 1 aromatic rings. The molecule has 1 heterocycles. The summed E-state index contributed by atoms with van der Waals surface area (Å²) in [5.74, 6) is 0.900. The standard InChI is InChI=1S/C11H17N3O/c1-15-8-7-14(9-4-5-9)11-10(12)3-2-6-13-11/h2-3,6,9H,4-5,7-8,12H2,1H3. The van der Waals surface area contributed by atoms with Gasteiger partial charge in [-0.25, -0.2) is 4.98 Å². The zero-order valence-electron chi connectivity index (χ0n) is 9.02. The minimum absolute atomic E-state index is 0.609. The highest BCUT2D eigenvalue weighted by Gasteiger charge is 2.30. The van der Waals surface area contributed by atoms with Gasteiger partial charge in [0.2, 0.25) is 0 Å². The summed E-state index contributed by atoms with van der Waals surface area (Å²) in [6.07, 6.45) is 4.26. The van der Waals surface area contributed by atoms with E-state index in [2.05, 4.69) is 9.88 Å². The number of hydrogen-bond donors (Lipinski definition) is 1. The van der Waals surface area contributed by atoms with Crippen molar-refractivity contribution in [3.8, 4) is 0 Å². The third-order valence-corrected chi connectivity index (χ3v) is 2.61. The lowest BCUT2D eigenvalue weighted by Gasteiger charge is -2.24. The van der Waals surface area contributed by atoms with Crippen molar-refractivity contribution in [1.29, 1.82) is 0 Å². The third kappa shape index (κ3) is 2.39. The Kier molecular flexibility index (Phi) is 3.06. The monoisotopic (exact) mass is 207 g/mol. The molecule has 1 aliphatic rings. The predicted molar refractivity (Wildman–Crippen MR) is 60.9 cm³/mol. The summed E-state index contributed by atoms with van der Waals surface area (Å²) in [6, 6.07) is 4.36. The van der Waals surface area contributed by atoms with Crippen LogP contribution >= 0.6 is 0 Å². The number of nitrogen functional groups attached to an aromatic ring is 1. The molecule has 0 unspecified atom stereocenters. The second kappa shape index (κ2) is 4.49. The van der Waals surface area contributed by atoms with Crippen LogP contribution in [0.5, 0.6) is 0 Å². The summed E-state index contributed by atoms with van der Waals surface area (Å²) in [7, 11) is 1.72. The summed E-state index contributed by atoms with van der Waals surface area (Å²) >= 11 is 0. The molecule has 0 spiro atoms. The van der Waals surface area contributed by atoms with E-state index >= 15 is 0 Å². The first-order valence-corrected chi connectivity index (χ1v) is 5.29. The smallest absolute Gasteiger partial charge is 0.152 e. The van der Waals surface area contributed by atoms with E-state index in [4.69, 9.17) is 10.5 Å².